The molecule has 1 amide bonds. The van der Waals surface area contributed by atoms with Crippen LogP contribution in [0.25, 0.3) is 0 Å². The van der Waals surface area contributed by atoms with Gasteiger partial charge in [-0.25, -0.2) is 4.98 Å². The Hall–Kier alpha value is -2.68. The second-order valence-electron chi connectivity index (χ2n) is 5.83. The van der Waals surface area contributed by atoms with Gasteiger partial charge in [-0.05, 0) is 13.0 Å². The minimum absolute atomic E-state index is 0.0884. The Bertz CT molecular complexity index is 867. The Morgan fingerprint density at radius 1 is 1.35 bits per heavy atom. The highest BCUT2D eigenvalue weighted by atomic mass is 32.1. The lowest BCUT2D eigenvalue weighted by Gasteiger charge is -2.24. The first kappa shape index (κ1) is 16.8. The number of amides is 1. The molecule has 4 rings (SSSR count). The van der Waals surface area contributed by atoms with Crippen LogP contribution in [0, 0.1) is 0 Å². The van der Waals surface area contributed by atoms with Crippen molar-refractivity contribution in [1.82, 2.24) is 4.98 Å². The van der Waals surface area contributed by atoms with E-state index in [4.69, 9.17) is 18.9 Å². The summed E-state index contributed by atoms with van der Waals surface area (Å²) in [6, 6.07) is 1.86. The van der Waals surface area contributed by atoms with E-state index in [9.17, 15) is 4.79 Å². The Labute approximate surface area is 154 Å². The predicted molar refractivity (Wildman–Crippen MR) is 97.0 cm³/mol. The number of hydrogen-bond acceptors (Lipinski definition) is 8. The van der Waals surface area contributed by atoms with E-state index in [1.807, 2.05) is 13.0 Å². The molecule has 3 heterocycles. The average Bonchev–Trinajstić information content (AvgIpc) is 3.25. The molecule has 0 unspecified atom stereocenters. The number of rotatable bonds is 5. The third-order valence-corrected chi connectivity index (χ3v) is 5.46. The van der Waals surface area contributed by atoms with Crippen LogP contribution in [0.15, 0.2) is 6.07 Å². The minimum atomic E-state index is -0.206. The second-order valence-corrected chi connectivity index (χ2v) is 6.86. The first-order chi connectivity index (χ1) is 12.7. The molecule has 0 spiro atoms. The fraction of sp³-hybridized carbons (Fsp3) is 0.412. The molecule has 8 nitrogen and oxygen atoms in total. The minimum Gasteiger partial charge on any atom is -0.492 e. The monoisotopic (exact) mass is 377 g/mol. The van der Waals surface area contributed by atoms with Gasteiger partial charge >= 0.3 is 0 Å². The third kappa shape index (κ3) is 2.59. The Morgan fingerprint density at radius 2 is 2.15 bits per heavy atom. The van der Waals surface area contributed by atoms with Gasteiger partial charge in [0.25, 0.3) is 0 Å². The van der Waals surface area contributed by atoms with Crippen molar-refractivity contribution in [2.24, 2.45) is 0 Å². The van der Waals surface area contributed by atoms with E-state index in [0.29, 0.717) is 35.2 Å². The molecule has 2 aromatic rings. The van der Waals surface area contributed by atoms with Crippen LogP contribution in [0.1, 0.15) is 29.7 Å². The van der Waals surface area contributed by atoms with Gasteiger partial charge in [-0.3, -0.25) is 4.79 Å². The molecule has 2 aliphatic rings. The van der Waals surface area contributed by atoms with Crippen molar-refractivity contribution in [3.05, 3.63) is 16.5 Å². The number of ether oxygens (including phenoxy) is 4. The van der Waals surface area contributed by atoms with Gasteiger partial charge < -0.3 is 29.6 Å². The highest BCUT2D eigenvalue weighted by Gasteiger charge is 2.36. The molecular weight excluding hydrogens is 358 g/mol. The van der Waals surface area contributed by atoms with Gasteiger partial charge in [-0.1, -0.05) is 11.3 Å². The van der Waals surface area contributed by atoms with Crippen LogP contribution < -0.4 is 29.6 Å². The molecule has 0 saturated heterocycles. The summed E-state index contributed by atoms with van der Waals surface area (Å²) in [5.41, 5.74) is 0.816. The molecule has 0 aliphatic carbocycles. The largest absolute Gasteiger partial charge is 0.492 e. The van der Waals surface area contributed by atoms with Crippen LogP contribution in [0.3, 0.4) is 0 Å². The number of methoxy groups -OCH3 is 2. The molecule has 0 radical (unpaired) electrons. The van der Waals surface area contributed by atoms with Crippen LogP contribution >= 0.6 is 11.3 Å². The van der Waals surface area contributed by atoms with Crippen molar-refractivity contribution in [2.45, 2.75) is 19.3 Å². The summed E-state index contributed by atoms with van der Waals surface area (Å²) in [6.45, 7) is 2.88. The van der Waals surface area contributed by atoms with Crippen molar-refractivity contribution in [2.75, 3.05) is 38.2 Å². The number of thiazole rings is 1. The molecule has 26 heavy (non-hydrogen) atoms. The number of nitrogens with one attached hydrogen (secondary N) is 2. The fourth-order valence-electron chi connectivity index (χ4n) is 3.27. The second kappa shape index (κ2) is 6.56. The summed E-state index contributed by atoms with van der Waals surface area (Å²) in [5, 5.41) is 6.82. The number of nitrogens with zero attached hydrogens (tertiary/aromatic N) is 1. The van der Waals surface area contributed by atoms with Crippen LogP contribution in [-0.2, 0) is 4.79 Å². The van der Waals surface area contributed by atoms with Crippen LogP contribution in [0.4, 0.5) is 10.9 Å². The zero-order valence-corrected chi connectivity index (χ0v) is 15.5. The molecule has 2 aliphatic heterocycles. The molecule has 1 atom stereocenters. The van der Waals surface area contributed by atoms with Gasteiger partial charge in [0.2, 0.25) is 24.2 Å². The quantitative estimate of drug-likeness (QED) is 0.828. The first-order valence-electron chi connectivity index (χ1n) is 8.25. The van der Waals surface area contributed by atoms with E-state index in [2.05, 4.69) is 15.6 Å². The summed E-state index contributed by atoms with van der Waals surface area (Å²) in [6.07, 6.45) is 0.292. The highest BCUT2D eigenvalue weighted by Crippen LogP contribution is 2.54. The van der Waals surface area contributed by atoms with Crippen molar-refractivity contribution in [1.29, 1.82) is 0 Å². The zero-order valence-electron chi connectivity index (χ0n) is 14.7. The van der Waals surface area contributed by atoms with Gasteiger partial charge in [0.05, 0.1) is 19.1 Å². The van der Waals surface area contributed by atoms with Gasteiger partial charge in [0.1, 0.15) is 5.82 Å². The van der Waals surface area contributed by atoms with Crippen molar-refractivity contribution in [3.8, 4) is 23.0 Å². The molecule has 1 aromatic heterocycles. The lowest BCUT2D eigenvalue weighted by Crippen LogP contribution is -2.23. The summed E-state index contributed by atoms with van der Waals surface area (Å²) in [7, 11) is 3.13. The Balaban J connectivity index is 1.87. The fourth-order valence-corrected chi connectivity index (χ4v) is 4.37. The van der Waals surface area contributed by atoms with E-state index in [1.54, 1.807) is 14.2 Å². The summed E-state index contributed by atoms with van der Waals surface area (Å²) < 4.78 is 22.2. The van der Waals surface area contributed by atoms with E-state index in [-0.39, 0.29) is 18.6 Å². The molecule has 0 saturated carbocycles. The lowest BCUT2D eigenvalue weighted by molar-refractivity contribution is -0.116. The number of carbonyl (C=O) groups is 1. The maximum Gasteiger partial charge on any atom is 0.231 e. The normalized spacial score (nSPS) is 17.5. The number of fused-ring (bicyclic) bond motifs is 2. The van der Waals surface area contributed by atoms with E-state index >= 15 is 0 Å². The summed E-state index contributed by atoms with van der Waals surface area (Å²) in [5.74, 6) is 2.41. The molecule has 2 N–H and O–H groups in total. The molecule has 1 aromatic carbocycles. The van der Waals surface area contributed by atoms with Crippen molar-refractivity contribution < 1.29 is 23.7 Å². The van der Waals surface area contributed by atoms with E-state index in [1.165, 1.54) is 11.3 Å². The third-order valence-electron chi connectivity index (χ3n) is 4.33. The first-order valence-corrected chi connectivity index (χ1v) is 9.06. The number of aromatic nitrogens is 1. The number of benzene rings is 1. The number of hydrogen-bond donors (Lipinski definition) is 2. The van der Waals surface area contributed by atoms with Gasteiger partial charge in [-0.2, -0.15) is 0 Å². The maximum atomic E-state index is 12.3. The smallest absolute Gasteiger partial charge is 0.231 e. The maximum absolute atomic E-state index is 12.3. The van der Waals surface area contributed by atoms with E-state index in [0.717, 1.165) is 22.1 Å². The summed E-state index contributed by atoms with van der Waals surface area (Å²) in [4.78, 5) is 17.7. The predicted octanol–water partition coefficient (Wildman–Crippen LogP) is 2.79. The molecule has 138 valence electrons. The number of carbonyl (C=O) groups excluding carboxylic acids is 1. The van der Waals surface area contributed by atoms with Gasteiger partial charge in [0, 0.05) is 24.4 Å². The molecule has 0 fully saturated rings. The zero-order chi connectivity index (χ0) is 18.3. The molecule has 0 bridgehead atoms. The standard InChI is InChI=1S/C17H19N3O5S/c1-4-18-17-20-16-15(26-17)9(6-11(21)19-16)8-5-10-13(25-7-24-10)14(23-3)12(8)22-2/h5,9H,4,6-7H2,1-3H3,(H,18,20)(H,19,21)/t9-/m0/s1. The van der Waals surface area contributed by atoms with Crippen LogP contribution in [0.5, 0.6) is 23.0 Å². The summed E-state index contributed by atoms with van der Waals surface area (Å²) >= 11 is 1.53. The topological polar surface area (TPSA) is 90.9 Å². The average molecular weight is 377 g/mol. The number of anilines is 2. The Kier molecular flexibility index (Phi) is 4.23. The van der Waals surface area contributed by atoms with Gasteiger partial charge in [0.15, 0.2) is 16.6 Å². The van der Waals surface area contributed by atoms with Crippen LogP contribution in [0.2, 0.25) is 0 Å². The Morgan fingerprint density at radius 3 is 2.88 bits per heavy atom. The lowest BCUT2D eigenvalue weighted by atomic mass is 9.90. The van der Waals surface area contributed by atoms with Crippen molar-refractivity contribution in [3.63, 3.8) is 0 Å². The van der Waals surface area contributed by atoms with Crippen molar-refractivity contribution >= 4 is 28.2 Å². The van der Waals surface area contributed by atoms with Crippen LogP contribution in [-0.4, -0.2) is 38.4 Å². The molecular formula is C17H19N3O5S. The van der Waals surface area contributed by atoms with E-state index < -0.39 is 0 Å². The SMILES string of the molecule is CCNc1nc2c(s1)[C@H](c1cc3c(c(OC)c1OC)OCO3)CC(=O)N2. The highest BCUT2D eigenvalue weighted by molar-refractivity contribution is 7.16. The molecule has 9 heteroatoms. The van der Waals surface area contributed by atoms with Gasteiger partial charge in [-0.15, -0.1) is 0 Å².